The molecule has 0 spiro atoms. The molecule has 72 valence electrons. The maximum absolute atomic E-state index is 11.0. The van der Waals surface area contributed by atoms with E-state index < -0.39 is 0 Å². The van der Waals surface area contributed by atoms with Gasteiger partial charge in [-0.2, -0.15) is 0 Å². The quantitative estimate of drug-likeness (QED) is 0.502. The molecule has 0 aromatic carbocycles. The Morgan fingerprint density at radius 2 is 1.67 bits per heavy atom. The van der Waals surface area contributed by atoms with Gasteiger partial charge in [-0.1, -0.05) is 35.6 Å². The summed E-state index contributed by atoms with van der Waals surface area (Å²) in [4.78, 5) is 11.0. The van der Waals surface area contributed by atoms with Crippen LogP contribution in [0.15, 0.2) is 0 Å². The van der Waals surface area contributed by atoms with Gasteiger partial charge in [0, 0.05) is 0 Å². The van der Waals surface area contributed by atoms with Crippen molar-refractivity contribution < 1.29 is 9.53 Å². The molecule has 0 saturated carbocycles. The molecule has 0 radical (unpaired) electrons. The summed E-state index contributed by atoms with van der Waals surface area (Å²) in [5.74, 6) is -0.0662. The monoisotopic (exact) mass is 190 g/mol. The molecule has 0 N–H and O–H groups in total. The van der Waals surface area contributed by atoms with Gasteiger partial charge in [-0.15, -0.1) is 0 Å². The predicted molar refractivity (Wildman–Crippen MR) is 54.1 cm³/mol. The van der Waals surface area contributed by atoms with Gasteiger partial charge in [0.05, 0.1) is 13.3 Å². The zero-order chi connectivity index (χ0) is 9.72. The smallest absolute Gasteiger partial charge is 0.309 e. The molecule has 0 heterocycles. The van der Waals surface area contributed by atoms with Crippen LogP contribution in [0.2, 0.25) is 0 Å². The van der Waals surface area contributed by atoms with E-state index in [0.29, 0.717) is 17.5 Å². The minimum absolute atomic E-state index is 0.0662. The number of carbonyl (C=O) groups is 1. The maximum atomic E-state index is 11.0. The molecule has 0 amide bonds. The van der Waals surface area contributed by atoms with Gasteiger partial charge >= 0.3 is 5.97 Å². The highest BCUT2D eigenvalue weighted by Crippen LogP contribution is 2.45. The fourth-order valence-electron chi connectivity index (χ4n) is 1.18. The van der Waals surface area contributed by atoms with Crippen molar-refractivity contribution in [1.82, 2.24) is 0 Å². The number of hydrogen-bond donors (Lipinski definition) is 0. The summed E-state index contributed by atoms with van der Waals surface area (Å²) in [7, 11) is 1.26. The molecule has 2 nitrogen and oxygen atoms in total. The SMILES string of the molecule is COC(=O)CP(C(C)C)C(C)C. The average molecular weight is 190 g/mol. The molecule has 0 aliphatic heterocycles. The Balaban J connectivity index is 4.05. The van der Waals surface area contributed by atoms with Gasteiger partial charge in [0.15, 0.2) is 0 Å². The van der Waals surface area contributed by atoms with Crippen LogP contribution in [0.1, 0.15) is 27.7 Å². The van der Waals surface area contributed by atoms with E-state index in [1.807, 2.05) is 0 Å². The normalized spacial score (nSPS) is 11.3. The summed E-state index contributed by atoms with van der Waals surface area (Å²) in [6.45, 7) is 8.70. The summed E-state index contributed by atoms with van der Waals surface area (Å²) in [6, 6.07) is 0. The van der Waals surface area contributed by atoms with E-state index in [9.17, 15) is 4.79 Å². The Labute approximate surface area is 76.4 Å². The second kappa shape index (κ2) is 5.53. The fraction of sp³-hybridized carbons (Fsp3) is 0.889. The zero-order valence-corrected chi connectivity index (χ0v) is 9.52. The Bertz CT molecular complexity index is 135. The van der Waals surface area contributed by atoms with Crippen molar-refractivity contribution in [3.63, 3.8) is 0 Å². The van der Waals surface area contributed by atoms with Crippen molar-refractivity contribution in [1.29, 1.82) is 0 Å². The van der Waals surface area contributed by atoms with E-state index in [2.05, 4.69) is 32.4 Å². The summed E-state index contributed by atoms with van der Waals surface area (Å²) in [6.07, 6.45) is 0.612. The highest BCUT2D eigenvalue weighted by molar-refractivity contribution is 7.59. The Hall–Kier alpha value is -0.100. The first-order chi connectivity index (χ1) is 5.49. The van der Waals surface area contributed by atoms with E-state index in [1.54, 1.807) is 0 Å². The lowest BCUT2D eigenvalue weighted by Crippen LogP contribution is -2.14. The van der Waals surface area contributed by atoms with Gasteiger partial charge in [-0.05, 0) is 11.3 Å². The number of ether oxygens (including phenoxy) is 1. The molecule has 0 aliphatic rings. The van der Waals surface area contributed by atoms with Crippen molar-refractivity contribution in [2.45, 2.75) is 39.0 Å². The number of hydrogen-bond acceptors (Lipinski definition) is 2. The Kier molecular flexibility index (Phi) is 5.48. The number of rotatable bonds is 4. The van der Waals surface area contributed by atoms with Crippen LogP contribution in [0.3, 0.4) is 0 Å². The number of esters is 1. The largest absolute Gasteiger partial charge is 0.469 e. The van der Waals surface area contributed by atoms with Crippen LogP contribution in [-0.2, 0) is 9.53 Å². The summed E-state index contributed by atoms with van der Waals surface area (Å²) in [5, 5.41) is 0. The first kappa shape index (κ1) is 11.9. The lowest BCUT2D eigenvalue weighted by molar-refractivity contribution is -0.137. The van der Waals surface area contributed by atoms with Crippen LogP contribution in [0.25, 0.3) is 0 Å². The molecule has 0 fully saturated rings. The molecular formula is C9H19O2P. The van der Waals surface area contributed by atoms with Crippen LogP contribution in [-0.4, -0.2) is 30.6 Å². The molecule has 0 aliphatic carbocycles. The Morgan fingerprint density at radius 3 is 1.92 bits per heavy atom. The molecule has 0 atom stereocenters. The number of methoxy groups -OCH3 is 1. The lowest BCUT2D eigenvalue weighted by atomic mass is 10.5. The molecule has 0 bridgehead atoms. The van der Waals surface area contributed by atoms with E-state index in [-0.39, 0.29) is 13.9 Å². The highest BCUT2D eigenvalue weighted by atomic mass is 31.1. The summed E-state index contributed by atoms with van der Waals surface area (Å²) < 4.78 is 4.66. The second-order valence-electron chi connectivity index (χ2n) is 3.44. The molecule has 0 rings (SSSR count). The van der Waals surface area contributed by atoms with E-state index >= 15 is 0 Å². The second-order valence-corrected chi connectivity index (χ2v) is 6.85. The third-order valence-electron chi connectivity index (χ3n) is 1.87. The van der Waals surface area contributed by atoms with Crippen molar-refractivity contribution in [3.05, 3.63) is 0 Å². The predicted octanol–water partition coefficient (Wildman–Crippen LogP) is 2.46. The van der Waals surface area contributed by atoms with Gasteiger partial charge in [0.2, 0.25) is 0 Å². The molecule has 0 unspecified atom stereocenters. The summed E-state index contributed by atoms with van der Waals surface area (Å²) in [5.41, 5.74) is 1.22. The molecule has 0 aromatic rings. The standard InChI is InChI=1S/C9H19O2P/c1-7(2)12(8(3)4)6-9(10)11-5/h7-8H,6H2,1-5H3. The zero-order valence-electron chi connectivity index (χ0n) is 8.63. The Morgan fingerprint density at radius 1 is 1.25 bits per heavy atom. The van der Waals surface area contributed by atoms with Crippen LogP contribution in [0, 0.1) is 0 Å². The van der Waals surface area contributed by atoms with Crippen molar-refractivity contribution in [2.75, 3.05) is 13.3 Å². The van der Waals surface area contributed by atoms with Gasteiger partial charge in [0.25, 0.3) is 0 Å². The first-order valence-electron chi connectivity index (χ1n) is 4.31. The van der Waals surface area contributed by atoms with Crippen LogP contribution >= 0.6 is 7.92 Å². The molecule has 3 heteroatoms. The van der Waals surface area contributed by atoms with E-state index in [1.165, 1.54) is 7.11 Å². The van der Waals surface area contributed by atoms with Gasteiger partial charge in [-0.3, -0.25) is 4.79 Å². The van der Waals surface area contributed by atoms with Crippen LogP contribution < -0.4 is 0 Å². The minimum atomic E-state index is -0.198. The van der Waals surface area contributed by atoms with Crippen LogP contribution in [0.4, 0.5) is 0 Å². The van der Waals surface area contributed by atoms with E-state index in [0.717, 1.165) is 0 Å². The number of carbonyl (C=O) groups excluding carboxylic acids is 1. The van der Waals surface area contributed by atoms with E-state index in [4.69, 9.17) is 0 Å². The van der Waals surface area contributed by atoms with Crippen molar-refractivity contribution in [2.24, 2.45) is 0 Å². The van der Waals surface area contributed by atoms with Gasteiger partial charge < -0.3 is 4.74 Å². The first-order valence-corrected chi connectivity index (χ1v) is 5.98. The maximum Gasteiger partial charge on any atom is 0.309 e. The highest BCUT2D eigenvalue weighted by Gasteiger charge is 2.19. The topological polar surface area (TPSA) is 26.3 Å². The summed E-state index contributed by atoms with van der Waals surface area (Å²) >= 11 is 0. The molecular weight excluding hydrogens is 171 g/mol. The molecule has 0 aromatic heterocycles. The van der Waals surface area contributed by atoms with Crippen molar-refractivity contribution >= 4 is 13.9 Å². The van der Waals surface area contributed by atoms with Crippen molar-refractivity contribution in [3.8, 4) is 0 Å². The minimum Gasteiger partial charge on any atom is -0.469 e. The third-order valence-corrected chi connectivity index (χ3v) is 5.14. The third kappa shape index (κ3) is 4.06. The van der Waals surface area contributed by atoms with Gasteiger partial charge in [0.1, 0.15) is 0 Å². The fourth-order valence-corrected chi connectivity index (χ4v) is 3.53. The lowest BCUT2D eigenvalue weighted by Gasteiger charge is -2.24. The van der Waals surface area contributed by atoms with Gasteiger partial charge in [-0.25, -0.2) is 0 Å². The molecule has 0 saturated heterocycles. The average Bonchev–Trinajstić information content (AvgIpc) is 1.98. The molecule has 12 heavy (non-hydrogen) atoms. The van der Waals surface area contributed by atoms with Crippen LogP contribution in [0.5, 0.6) is 0 Å².